The molecule has 0 saturated heterocycles. The Morgan fingerprint density at radius 3 is 2.86 bits per heavy atom. The fourth-order valence-corrected chi connectivity index (χ4v) is 2.17. The van der Waals surface area contributed by atoms with Crippen LogP contribution in [-0.2, 0) is 4.79 Å². The predicted molar refractivity (Wildman–Crippen MR) is 85.1 cm³/mol. The molecule has 21 heavy (non-hydrogen) atoms. The second-order valence-electron chi connectivity index (χ2n) is 4.55. The Hall–Kier alpha value is -1.91. The van der Waals surface area contributed by atoms with Gasteiger partial charge < -0.3 is 10.0 Å². The summed E-state index contributed by atoms with van der Waals surface area (Å²) < 4.78 is 0. The summed E-state index contributed by atoms with van der Waals surface area (Å²) in [5, 5.41) is 10.5. The zero-order valence-corrected chi connectivity index (χ0v) is 12.5. The molecule has 0 aliphatic rings. The molecule has 0 bridgehead atoms. The quantitative estimate of drug-likeness (QED) is 0.864. The summed E-state index contributed by atoms with van der Waals surface area (Å²) in [7, 11) is 0. The van der Waals surface area contributed by atoms with E-state index in [0.29, 0.717) is 23.8 Å². The Kier molecular flexibility index (Phi) is 5.31. The van der Waals surface area contributed by atoms with Crippen molar-refractivity contribution in [3.63, 3.8) is 0 Å². The molecule has 0 aliphatic heterocycles. The number of benzene rings is 1. The maximum atomic E-state index is 11.9. The molecular formula is C16H17ClN2O2. The zero-order chi connectivity index (χ0) is 15.2. The minimum atomic E-state index is -0.139. The summed E-state index contributed by atoms with van der Waals surface area (Å²) in [6.07, 6.45) is 3.14. The SMILES string of the molecule is CCN(CCO)C(=O)/C=C/c1ccc2ccc(Cl)cc2n1. The number of nitrogens with zero attached hydrogens (tertiary/aromatic N) is 2. The van der Waals surface area contributed by atoms with Gasteiger partial charge in [0.25, 0.3) is 0 Å². The first kappa shape index (κ1) is 15.5. The van der Waals surface area contributed by atoms with E-state index in [-0.39, 0.29) is 12.5 Å². The highest BCUT2D eigenvalue weighted by atomic mass is 35.5. The largest absolute Gasteiger partial charge is 0.395 e. The Labute approximate surface area is 128 Å². The molecule has 0 spiro atoms. The van der Waals surface area contributed by atoms with E-state index in [4.69, 9.17) is 16.7 Å². The number of aromatic nitrogens is 1. The van der Waals surface area contributed by atoms with E-state index >= 15 is 0 Å². The number of halogens is 1. The normalized spacial score (nSPS) is 11.2. The number of carbonyl (C=O) groups is 1. The van der Waals surface area contributed by atoms with Gasteiger partial charge in [-0.05, 0) is 31.2 Å². The van der Waals surface area contributed by atoms with Crippen LogP contribution < -0.4 is 0 Å². The van der Waals surface area contributed by atoms with E-state index in [2.05, 4.69) is 4.98 Å². The first-order valence-electron chi connectivity index (χ1n) is 6.78. The van der Waals surface area contributed by atoms with Crippen molar-refractivity contribution in [2.24, 2.45) is 0 Å². The molecule has 0 saturated carbocycles. The molecule has 2 aromatic rings. The van der Waals surface area contributed by atoms with Crippen LogP contribution in [0.1, 0.15) is 12.6 Å². The molecule has 1 N–H and O–H groups in total. The molecule has 1 amide bonds. The van der Waals surface area contributed by atoms with Gasteiger partial charge in [0.1, 0.15) is 0 Å². The van der Waals surface area contributed by atoms with E-state index in [0.717, 1.165) is 10.9 Å². The van der Waals surface area contributed by atoms with Gasteiger partial charge in [-0.2, -0.15) is 0 Å². The number of fused-ring (bicyclic) bond motifs is 1. The van der Waals surface area contributed by atoms with Crippen LogP contribution in [0.3, 0.4) is 0 Å². The topological polar surface area (TPSA) is 53.4 Å². The van der Waals surface area contributed by atoms with Gasteiger partial charge in [-0.15, -0.1) is 0 Å². The zero-order valence-electron chi connectivity index (χ0n) is 11.8. The molecule has 5 heteroatoms. The first-order chi connectivity index (χ1) is 10.1. The van der Waals surface area contributed by atoms with E-state index in [1.165, 1.54) is 6.08 Å². The lowest BCUT2D eigenvalue weighted by atomic mass is 10.2. The summed E-state index contributed by atoms with van der Waals surface area (Å²) in [5.41, 5.74) is 1.48. The molecule has 0 atom stereocenters. The van der Waals surface area contributed by atoms with Gasteiger partial charge in [0, 0.05) is 29.6 Å². The van der Waals surface area contributed by atoms with Crippen LogP contribution in [0, 0.1) is 0 Å². The predicted octanol–water partition coefficient (Wildman–Crippen LogP) is 2.74. The summed E-state index contributed by atoms with van der Waals surface area (Å²) in [6, 6.07) is 9.30. The average Bonchev–Trinajstić information content (AvgIpc) is 2.49. The van der Waals surface area contributed by atoms with Crippen LogP contribution in [0.25, 0.3) is 17.0 Å². The van der Waals surface area contributed by atoms with Gasteiger partial charge in [0.15, 0.2) is 0 Å². The number of likely N-dealkylation sites (N-methyl/N-ethyl adjacent to an activating group) is 1. The van der Waals surface area contributed by atoms with Crippen molar-refractivity contribution in [2.45, 2.75) is 6.92 Å². The Balaban J connectivity index is 2.18. The molecule has 110 valence electrons. The Morgan fingerprint density at radius 2 is 2.14 bits per heavy atom. The van der Waals surface area contributed by atoms with Crippen LogP contribution in [-0.4, -0.2) is 40.6 Å². The minimum absolute atomic E-state index is 0.0415. The van der Waals surface area contributed by atoms with Crippen LogP contribution in [0.4, 0.5) is 0 Å². The van der Waals surface area contributed by atoms with Crippen molar-refractivity contribution in [1.29, 1.82) is 0 Å². The number of amides is 1. The third-order valence-corrected chi connectivity index (χ3v) is 3.37. The average molecular weight is 305 g/mol. The monoisotopic (exact) mass is 304 g/mol. The molecule has 0 fully saturated rings. The van der Waals surface area contributed by atoms with Crippen LogP contribution >= 0.6 is 11.6 Å². The van der Waals surface area contributed by atoms with E-state index in [1.807, 2.05) is 31.2 Å². The standard InChI is InChI=1S/C16H17ClN2O2/c1-2-19(9-10-20)16(21)8-7-14-6-4-12-3-5-13(17)11-15(12)18-14/h3-8,11,20H,2,9-10H2,1H3/b8-7+. The van der Waals surface area contributed by atoms with Crippen molar-refractivity contribution < 1.29 is 9.90 Å². The van der Waals surface area contributed by atoms with Crippen LogP contribution in [0.15, 0.2) is 36.4 Å². The van der Waals surface area contributed by atoms with Crippen molar-refractivity contribution in [3.05, 3.63) is 47.1 Å². The van der Waals surface area contributed by atoms with Gasteiger partial charge in [-0.3, -0.25) is 4.79 Å². The van der Waals surface area contributed by atoms with Crippen molar-refractivity contribution in [1.82, 2.24) is 9.88 Å². The van der Waals surface area contributed by atoms with Crippen molar-refractivity contribution >= 4 is 34.5 Å². The number of hydrogen-bond acceptors (Lipinski definition) is 3. The van der Waals surface area contributed by atoms with E-state index in [9.17, 15) is 4.79 Å². The lowest BCUT2D eigenvalue weighted by Crippen LogP contribution is -2.31. The van der Waals surface area contributed by atoms with E-state index < -0.39 is 0 Å². The number of rotatable bonds is 5. The second kappa shape index (κ2) is 7.20. The number of pyridine rings is 1. The molecule has 1 aromatic carbocycles. The minimum Gasteiger partial charge on any atom is -0.395 e. The highest BCUT2D eigenvalue weighted by Gasteiger charge is 2.06. The number of aliphatic hydroxyl groups excluding tert-OH is 1. The van der Waals surface area contributed by atoms with E-state index in [1.54, 1.807) is 17.0 Å². The molecule has 1 heterocycles. The van der Waals surface area contributed by atoms with Crippen LogP contribution in [0.2, 0.25) is 5.02 Å². The number of hydrogen-bond donors (Lipinski definition) is 1. The summed E-state index contributed by atoms with van der Waals surface area (Å²) >= 11 is 5.95. The maximum absolute atomic E-state index is 11.9. The van der Waals surface area contributed by atoms with Crippen LogP contribution in [0.5, 0.6) is 0 Å². The highest BCUT2D eigenvalue weighted by molar-refractivity contribution is 6.31. The number of aliphatic hydroxyl groups is 1. The molecule has 2 rings (SSSR count). The summed E-state index contributed by atoms with van der Waals surface area (Å²) in [4.78, 5) is 17.9. The summed E-state index contributed by atoms with van der Waals surface area (Å²) in [6.45, 7) is 2.72. The second-order valence-corrected chi connectivity index (χ2v) is 4.98. The Morgan fingerprint density at radius 1 is 1.38 bits per heavy atom. The molecule has 1 aromatic heterocycles. The third kappa shape index (κ3) is 4.03. The fourth-order valence-electron chi connectivity index (χ4n) is 2.01. The first-order valence-corrected chi connectivity index (χ1v) is 7.16. The van der Waals surface area contributed by atoms with Crippen molar-refractivity contribution in [2.75, 3.05) is 19.7 Å². The molecular weight excluding hydrogens is 288 g/mol. The van der Waals surface area contributed by atoms with Gasteiger partial charge in [0.05, 0.1) is 17.8 Å². The van der Waals surface area contributed by atoms with Gasteiger partial charge >= 0.3 is 0 Å². The number of carbonyl (C=O) groups excluding carboxylic acids is 1. The molecule has 4 nitrogen and oxygen atoms in total. The summed E-state index contributed by atoms with van der Waals surface area (Å²) in [5.74, 6) is -0.139. The fraction of sp³-hybridized carbons (Fsp3) is 0.250. The smallest absolute Gasteiger partial charge is 0.246 e. The third-order valence-electron chi connectivity index (χ3n) is 3.14. The molecule has 0 unspecified atom stereocenters. The maximum Gasteiger partial charge on any atom is 0.246 e. The Bertz CT molecular complexity index is 670. The molecule has 0 radical (unpaired) electrons. The van der Waals surface area contributed by atoms with Crippen molar-refractivity contribution in [3.8, 4) is 0 Å². The van der Waals surface area contributed by atoms with Gasteiger partial charge in [0.2, 0.25) is 5.91 Å². The molecule has 0 aliphatic carbocycles. The lowest BCUT2D eigenvalue weighted by molar-refractivity contribution is -0.126. The lowest BCUT2D eigenvalue weighted by Gasteiger charge is -2.17. The highest BCUT2D eigenvalue weighted by Crippen LogP contribution is 2.18. The van der Waals surface area contributed by atoms with Gasteiger partial charge in [-0.25, -0.2) is 4.98 Å². The van der Waals surface area contributed by atoms with Gasteiger partial charge in [-0.1, -0.05) is 23.7 Å².